The molecule has 1 aliphatic rings. The predicted molar refractivity (Wildman–Crippen MR) is 92.5 cm³/mol. The number of hydrogen-bond donors (Lipinski definition) is 1. The molecule has 0 radical (unpaired) electrons. The maximum Gasteiger partial charge on any atom is 0.246 e. The lowest BCUT2D eigenvalue weighted by molar-refractivity contribution is -0.121. The van der Waals surface area contributed by atoms with Gasteiger partial charge in [0.15, 0.2) is 11.5 Å². The third kappa shape index (κ3) is 3.66. The Morgan fingerprint density at radius 2 is 1.92 bits per heavy atom. The molecular weight excluding hydrogens is 334 g/mol. The van der Waals surface area contributed by atoms with Crippen molar-refractivity contribution in [2.75, 3.05) is 6.79 Å². The van der Waals surface area contributed by atoms with Gasteiger partial charge in [-0.05, 0) is 24.1 Å². The molecule has 0 unspecified atom stereocenters. The van der Waals surface area contributed by atoms with E-state index in [9.17, 15) is 4.79 Å². The molecular formula is C19H17N3O4. The van der Waals surface area contributed by atoms with Crippen LogP contribution < -0.4 is 14.8 Å². The van der Waals surface area contributed by atoms with Crippen LogP contribution >= 0.6 is 0 Å². The first-order valence-electron chi connectivity index (χ1n) is 8.31. The van der Waals surface area contributed by atoms with Crippen LogP contribution in [-0.2, 0) is 17.8 Å². The van der Waals surface area contributed by atoms with Crippen molar-refractivity contribution in [3.05, 3.63) is 60.0 Å². The van der Waals surface area contributed by atoms with Crippen LogP contribution in [0.15, 0.2) is 53.1 Å². The van der Waals surface area contributed by atoms with E-state index in [1.165, 1.54) is 0 Å². The summed E-state index contributed by atoms with van der Waals surface area (Å²) in [6.45, 7) is 0.453. The lowest BCUT2D eigenvalue weighted by atomic mass is 10.1. The van der Waals surface area contributed by atoms with Crippen LogP contribution in [0, 0.1) is 0 Å². The molecule has 2 heterocycles. The maximum absolute atomic E-state index is 12.0. The molecule has 1 aromatic heterocycles. The average Bonchev–Trinajstić information content (AvgIpc) is 3.34. The topological polar surface area (TPSA) is 86.5 Å². The highest BCUT2D eigenvalue weighted by molar-refractivity contribution is 5.76. The second-order valence-corrected chi connectivity index (χ2v) is 5.84. The van der Waals surface area contributed by atoms with E-state index >= 15 is 0 Å². The standard InChI is InChI=1S/C19H17N3O4/c23-17(9-7-13-6-8-15-16(10-13)25-12-24-15)20-11-18-21-19(22-26-18)14-4-2-1-3-5-14/h1-6,8,10H,7,9,11-12H2,(H,20,23). The summed E-state index contributed by atoms with van der Waals surface area (Å²) in [6, 6.07) is 15.2. The number of ether oxygens (including phenoxy) is 2. The van der Waals surface area contributed by atoms with Gasteiger partial charge in [-0.1, -0.05) is 41.6 Å². The lowest BCUT2D eigenvalue weighted by Gasteiger charge is -2.04. The molecule has 26 heavy (non-hydrogen) atoms. The van der Waals surface area contributed by atoms with E-state index in [1.54, 1.807) is 0 Å². The van der Waals surface area contributed by atoms with Crippen molar-refractivity contribution in [1.29, 1.82) is 0 Å². The van der Waals surface area contributed by atoms with E-state index < -0.39 is 0 Å². The summed E-state index contributed by atoms with van der Waals surface area (Å²) in [5.41, 5.74) is 1.89. The molecule has 0 bridgehead atoms. The van der Waals surface area contributed by atoms with Crippen LogP contribution in [0.1, 0.15) is 17.9 Å². The predicted octanol–water partition coefficient (Wildman–Crippen LogP) is 2.71. The van der Waals surface area contributed by atoms with Crippen LogP contribution in [0.2, 0.25) is 0 Å². The number of hydrogen-bond acceptors (Lipinski definition) is 6. The van der Waals surface area contributed by atoms with Gasteiger partial charge < -0.3 is 19.3 Å². The Bertz CT molecular complexity index is 908. The van der Waals surface area contributed by atoms with Crippen molar-refractivity contribution in [2.45, 2.75) is 19.4 Å². The number of nitrogens with one attached hydrogen (secondary N) is 1. The summed E-state index contributed by atoms with van der Waals surface area (Å²) >= 11 is 0. The molecule has 7 heteroatoms. The lowest BCUT2D eigenvalue weighted by Crippen LogP contribution is -2.23. The first-order chi connectivity index (χ1) is 12.8. The second kappa shape index (κ2) is 7.26. The molecule has 132 valence electrons. The Labute approximate surface area is 149 Å². The van der Waals surface area contributed by atoms with Crippen molar-refractivity contribution in [3.8, 4) is 22.9 Å². The number of carbonyl (C=O) groups excluding carboxylic acids is 1. The Balaban J connectivity index is 1.27. The molecule has 0 spiro atoms. The molecule has 0 atom stereocenters. The molecule has 0 saturated heterocycles. The number of amides is 1. The fourth-order valence-corrected chi connectivity index (χ4v) is 2.65. The minimum absolute atomic E-state index is 0.0814. The zero-order valence-corrected chi connectivity index (χ0v) is 14.0. The van der Waals surface area contributed by atoms with Gasteiger partial charge in [-0.25, -0.2) is 0 Å². The van der Waals surface area contributed by atoms with Gasteiger partial charge in [-0.2, -0.15) is 4.98 Å². The molecule has 7 nitrogen and oxygen atoms in total. The molecule has 0 fully saturated rings. The zero-order chi connectivity index (χ0) is 17.8. The molecule has 3 aromatic rings. The van der Waals surface area contributed by atoms with E-state index in [2.05, 4.69) is 15.5 Å². The number of nitrogens with zero attached hydrogens (tertiary/aromatic N) is 2. The Kier molecular flexibility index (Phi) is 4.51. The van der Waals surface area contributed by atoms with E-state index in [0.717, 1.165) is 22.6 Å². The van der Waals surface area contributed by atoms with Crippen molar-refractivity contribution in [2.24, 2.45) is 0 Å². The number of benzene rings is 2. The molecule has 1 N–H and O–H groups in total. The molecule has 2 aromatic carbocycles. The summed E-state index contributed by atoms with van der Waals surface area (Å²) < 4.78 is 15.8. The highest BCUT2D eigenvalue weighted by atomic mass is 16.7. The normalized spacial score (nSPS) is 12.2. The van der Waals surface area contributed by atoms with Gasteiger partial charge in [0.1, 0.15) is 0 Å². The molecule has 1 aliphatic heterocycles. The number of rotatable bonds is 6. The average molecular weight is 351 g/mol. The SMILES string of the molecule is O=C(CCc1ccc2c(c1)OCO2)NCc1nc(-c2ccccc2)no1. The quantitative estimate of drug-likeness (QED) is 0.735. The minimum Gasteiger partial charge on any atom is -0.454 e. The summed E-state index contributed by atoms with van der Waals surface area (Å²) in [5, 5.41) is 6.72. The first-order valence-corrected chi connectivity index (χ1v) is 8.31. The minimum atomic E-state index is -0.0814. The van der Waals surface area contributed by atoms with Crippen molar-refractivity contribution >= 4 is 5.91 Å². The van der Waals surface area contributed by atoms with Crippen LogP contribution in [0.4, 0.5) is 0 Å². The molecule has 0 aliphatic carbocycles. The van der Waals surface area contributed by atoms with Crippen LogP contribution in [0.3, 0.4) is 0 Å². The Hall–Kier alpha value is -3.35. The highest BCUT2D eigenvalue weighted by Gasteiger charge is 2.14. The maximum atomic E-state index is 12.0. The monoisotopic (exact) mass is 351 g/mol. The van der Waals surface area contributed by atoms with Gasteiger partial charge in [-0.15, -0.1) is 0 Å². The number of aryl methyl sites for hydroxylation is 1. The van der Waals surface area contributed by atoms with Gasteiger partial charge >= 0.3 is 0 Å². The number of fused-ring (bicyclic) bond motifs is 1. The summed E-state index contributed by atoms with van der Waals surface area (Å²) in [7, 11) is 0. The first kappa shape index (κ1) is 16.1. The zero-order valence-electron chi connectivity index (χ0n) is 14.0. The fraction of sp³-hybridized carbons (Fsp3) is 0.211. The van der Waals surface area contributed by atoms with Gasteiger partial charge in [0.2, 0.25) is 24.4 Å². The van der Waals surface area contributed by atoms with Crippen LogP contribution in [0.25, 0.3) is 11.4 Å². The summed E-state index contributed by atoms with van der Waals surface area (Å²) in [4.78, 5) is 16.3. The largest absolute Gasteiger partial charge is 0.454 e. The third-order valence-electron chi connectivity index (χ3n) is 4.01. The fourth-order valence-electron chi connectivity index (χ4n) is 2.65. The van der Waals surface area contributed by atoms with Gasteiger partial charge in [-0.3, -0.25) is 4.79 Å². The van der Waals surface area contributed by atoms with Crippen molar-refractivity contribution < 1.29 is 18.8 Å². The van der Waals surface area contributed by atoms with E-state index in [0.29, 0.717) is 24.6 Å². The van der Waals surface area contributed by atoms with Gasteiger partial charge in [0, 0.05) is 12.0 Å². The third-order valence-corrected chi connectivity index (χ3v) is 4.01. The summed E-state index contributed by atoms with van der Waals surface area (Å²) in [6.07, 6.45) is 0.973. The smallest absolute Gasteiger partial charge is 0.246 e. The second-order valence-electron chi connectivity index (χ2n) is 5.84. The molecule has 1 amide bonds. The highest BCUT2D eigenvalue weighted by Crippen LogP contribution is 2.32. The molecule has 0 saturated carbocycles. The number of carbonyl (C=O) groups is 1. The van der Waals surface area contributed by atoms with Gasteiger partial charge in [0.05, 0.1) is 6.54 Å². The summed E-state index contributed by atoms with van der Waals surface area (Å²) in [5.74, 6) is 2.27. The Morgan fingerprint density at radius 3 is 2.81 bits per heavy atom. The van der Waals surface area contributed by atoms with Crippen LogP contribution in [-0.4, -0.2) is 22.8 Å². The number of aromatic nitrogens is 2. The Morgan fingerprint density at radius 1 is 1.08 bits per heavy atom. The van der Waals surface area contributed by atoms with Gasteiger partial charge in [0.25, 0.3) is 0 Å². The van der Waals surface area contributed by atoms with E-state index in [1.807, 2.05) is 48.5 Å². The van der Waals surface area contributed by atoms with Crippen molar-refractivity contribution in [3.63, 3.8) is 0 Å². The molecule has 4 rings (SSSR count). The van der Waals surface area contributed by atoms with E-state index in [4.69, 9.17) is 14.0 Å². The van der Waals surface area contributed by atoms with Crippen molar-refractivity contribution in [1.82, 2.24) is 15.5 Å². The van der Waals surface area contributed by atoms with E-state index in [-0.39, 0.29) is 19.2 Å². The van der Waals surface area contributed by atoms with Crippen LogP contribution in [0.5, 0.6) is 11.5 Å².